The molecule has 0 spiro atoms. The predicted octanol–water partition coefficient (Wildman–Crippen LogP) is 7.24. The van der Waals surface area contributed by atoms with Crippen LogP contribution in [0.25, 0.3) is 0 Å². The van der Waals surface area contributed by atoms with Crippen LogP contribution in [0.4, 0.5) is 18.9 Å². The minimum atomic E-state index is -4.89. The van der Waals surface area contributed by atoms with Gasteiger partial charge < -0.3 is 10.2 Å². The third-order valence-electron chi connectivity index (χ3n) is 6.95. The molecule has 0 saturated heterocycles. The fraction of sp³-hybridized carbons (Fsp3) is 0.355. The normalized spacial score (nSPS) is 12.5. The average Bonchev–Trinajstić information content (AvgIpc) is 2.96. The number of halogens is 5. The maximum Gasteiger partial charge on any atom is 0.417 e. The van der Waals surface area contributed by atoms with Gasteiger partial charge >= 0.3 is 6.18 Å². The van der Waals surface area contributed by atoms with E-state index >= 15 is 0 Å². The van der Waals surface area contributed by atoms with Gasteiger partial charge in [-0.2, -0.15) is 13.2 Å². The number of amides is 2. The number of rotatable bonds is 13. The number of aryl methyl sites for hydroxylation is 1. The maximum atomic E-state index is 14.1. The summed E-state index contributed by atoms with van der Waals surface area (Å²) < 4.78 is 69.9. The Bertz CT molecular complexity index is 1570. The summed E-state index contributed by atoms with van der Waals surface area (Å²) in [4.78, 5) is 28.3. The second-order valence-corrected chi connectivity index (χ2v) is 12.8. The minimum Gasteiger partial charge on any atom is -0.354 e. The molecular weight excluding hydrogens is 638 g/mol. The van der Waals surface area contributed by atoms with E-state index in [1.807, 2.05) is 6.92 Å². The highest BCUT2D eigenvalue weighted by atomic mass is 35.5. The van der Waals surface area contributed by atoms with E-state index in [4.69, 9.17) is 23.2 Å². The Hall–Kier alpha value is -3.28. The highest BCUT2D eigenvalue weighted by Gasteiger charge is 2.37. The van der Waals surface area contributed by atoms with Gasteiger partial charge in [0, 0.05) is 18.1 Å². The van der Waals surface area contributed by atoms with Crippen molar-refractivity contribution in [3.8, 4) is 0 Å². The Kier molecular flexibility index (Phi) is 12.1. The number of nitrogens with one attached hydrogen (secondary N) is 1. The molecule has 3 aromatic rings. The van der Waals surface area contributed by atoms with Crippen molar-refractivity contribution >= 4 is 50.7 Å². The van der Waals surface area contributed by atoms with E-state index < -0.39 is 56.9 Å². The number of benzene rings is 3. The van der Waals surface area contributed by atoms with Gasteiger partial charge in [-0.15, -0.1) is 0 Å². The molecule has 13 heteroatoms. The summed E-state index contributed by atoms with van der Waals surface area (Å²) in [5.74, 6) is -1.26. The molecule has 44 heavy (non-hydrogen) atoms. The smallest absolute Gasteiger partial charge is 0.354 e. The number of unbranched alkanes of at least 4 members (excludes halogenated alkanes) is 1. The van der Waals surface area contributed by atoms with Crippen molar-refractivity contribution in [2.45, 2.75) is 63.7 Å². The van der Waals surface area contributed by atoms with Gasteiger partial charge in [0.05, 0.1) is 21.2 Å². The summed E-state index contributed by atoms with van der Waals surface area (Å²) in [6, 6.07) is 14.0. The summed E-state index contributed by atoms with van der Waals surface area (Å²) >= 11 is 12.2. The topological polar surface area (TPSA) is 86.8 Å². The van der Waals surface area contributed by atoms with E-state index in [1.54, 1.807) is 38.1 Å². The predicted molar refractivity (Wildman–Crippen MR) is 166 cm³/mol. The van der Waals surface area contributed by atoms with Crippen molar-refractivity contribution in [2.24, 2.45) is 0 Å². The largest absolute Gasteiger partial charge is 0.417 e. The zero-order valence-electron chi connectivity index (χ0n) is 24.5. The summed E-state index contributed by atoms with van der Waals surface area (Å²) in [5, 5.41) is 2.50. The molecule has 0 radical (unpaired) electrons. The molecule has 0 aliphatic heterocycles. The number of hydrogen-bond donors (Lipinski definition) is 1. The number of carbonyl (C=O) groups excluding carboxylic acids is 2. The van der Waals surface area contributed by atoms with Crippen molar-refractivity contribution in [1.82, 2.24) is 10.2 Å². The Morgan fingerprint density at radius 1 is 0.955 bits per heavy atom. The molecule has 0 heterocycles. The lowest BCUT2D eigenvalue weighted by molar-refractivity contribution is -0.140. The molecule has 1 atom stereocenters. The maximum absolute atomic E-state index is 14.1. The van der Waals surface area contributed by atoms with Crippen LogP contribution in [-0.2, 0) is 32.3 Å². The highest BCUT2D eigenvalue weighted by molar-refractivity contribution is 7.92. The van der Waals surface area contributed by atoms with Crippen molar-refractivity contribution in [3.63, 3.8) is 0 Å². The first-order chi connectivity index (χ1) is 20.7. The Balaban J connectivity index is 2.14. The first-order valence-electron chi connectivity index (χ1n) is 14.0. The number of carbonyl (C=O) groups is 2. The Morgan fingerprint density at radius 2 is 1.61 bits per heavy atom. The first kappa shape index (κ1) is 35.2. The van der Waals surface area contributed by atoms with E-state index in [-0.39, 0.29) is 17.9 Å². The van der Waals surface area contributed by atoms with Crippen LogP contribution in [0.3, 0.4) is 0 Å². The van der Waals surface area contributed by atoms with Crippen molar-refractivity contribution in [2.75, 3.05) is 17.4 Å². The van der Waals surface area contributed by atoms with Crippen molar-refractivity contribution in [3.05, 3.63) is 93.5 Å². The second-order valence-electron chi connectivity index (χ2n) is 10.2. The standard InChI is InChI=1S/C31H34Cl2F3N3O4S/c1-4-6-17-37-30(41)28(5-2)38(19-22-9-7-8-10-26(22)32)29(40)20-39(44(42,43)24-14-11-21(3)12-15-24)23-13-16-27(33)25(18-23)31(34,35)36/h7-16,18,28H,4-6,17,19-20H2,1-3H3,(H,37,41)/t28-/m0/s1. The molecular formula is C31H34Cl2F3N3O4S. The van der Waals surface area contributed by atoms with Crippen LogP contribution in [0.1, 0.15) is 49.8 Å². The summed E-state index contributed by atoms with van der Waals surface area (Å²) in [5.41, 5.74) is -0.430. The Labute approximate surface area is 266 Å². The molecule has 0 saturated carbocycles. The molecule has 0 aliphatic rings. The fourth-order valence-corrected chi connectivity index (χ4v) is 6.31. The van der Waals surface area contributed by atoms with Crippen LogP contribution in [0.15, 0.2) is 71.6 Å². The van der Waals surface area contributed by atoms with Crippen LogP contribution in [0.5, 0.6) is 0 Å². The number of anilines is 1. The molecule has 0 fully saturated rings. The van der Waals surface area contributed by atoms with E-state index in [0.717, 1.165) is 24.1 Å². The van der Waals surface area contributed by atoms with Crippen LogP contribution in [0, 0.1) is 6.92 Å². The highest BCUT2D eigenvalue weighted by Crippen LogP contribution is 2.38. The first-order valence-corrected chi connectivity index (χ1v) is 16.2. The molecule has 0 aliphatic carbocycles. The fourth-order valence-electron chi connectivity index (χ4n) is 4.49. The van der Waals surface area contributed by atoms with E-state index in [2.05, 4.69) is 5.32 Å². The van der Waals surface area contributed by atoms with Gasteiger partial charge in [-0.25, -0.2) is 8.42 Å². The van der Waals surface area contributed by atoms with Gasteiger partial charge in [0.1, 0.15) is 12.6 Å². The van der Waals surface area contributed by atoms with Crippen LogP contribution >= 0.6 is 23.2 Å². The van der Waals surface area contributed by atoms with Crippen molar-refractivity contribution < 1.29 is 31.2 Å². The van der Waals surface area contributed by atoms with E-state index in [0.29, 0.717) is 33.9 Å². The van der Waals surface area contributed by atoms with Gasteiger partial charge in [0.2, 0.25) is 11.8 Å². The van der Waals surface area contributed by atoms with Gasteiger partial charge in [-0.3, -0.25) is 13.9 Å². The van der Waals surface area contributed by atoms with Crippen LogP contribution < -0.4 is 9.62 Å². The monoisotopic (exact) mass is 671 g/mol. The molecule has 3 aromatic carbocycles. The zero-order chi connectivity index (χ0) is 32.7. The third-order valence-corrected chi connectivity index (χ3v) is 9.43. The third kappa shape index (κ3) is 8.67. The lowest BCUT2D eigenvalue weighted by Crippen LogP contribution is -2.52. The van der Waals surface area contributed by atoms with Gasteiger partial charge in [0.15, 0.2) is 0 Å². The molecule has 1 N–H and O–H groups in total. The quantitative estimate of drug-likeness (QED) is 0.194. The van der Waals surface area contributed by atoms with Crippen LogP contribution in [-0.4, -0.2) is 44.3 Å². The van der Waals surface area contributed by atoms with E-state index in [1.165, 1.54) is 29.2 Å². The molecule has 0 bridgehead atoms. The van der Waals surface area contributed by atoms with Crippen molar-refractivity contribution in [1.29, 1.82) is 0 Å². The lowest BCUT2D eigenvalue weighted by atomic mass is 10.1. The van der Waals surface area contributed by atoms with Gasteiger partial charge in [-0.1, -0.05) is 79.4 Å². The average molecular weight is 673 g/mol. The molecule has 2 amide bonds. The molecule has 7 nitrogen and oxygen atoms in total. The lowest BCUT2D eigenvalue weighted by Gasteiger charge is -2.33. The number of sulfonamides is 1. The number of hydrogen-bond acceptors (Lipinski definition) is 4. The van der Waals surface area contributed by atoms with Gasteiger partial charge in [-0.05, 0) is 61.7 Å². The summed E-state index contributed by atoms with van der Waals surface area (Å²) in [6.45, 7) is 4.73. The Morgan fingerprint density at radius 3 is 2.20 bits per heavy atom. The number of alkyl halides is 3. The SMILES string of the molecule is CCCCNC(=O)[C@H](CC)N(Cc1ccccc1Cl)C(=O)CN(c1ccc(Cl)c(C(F)(F)F)c1)S(=O)(=O)c1ccc(C)cc1. The number of nitrogens with zero attached hydrogens (tertiary/aromatic N) is 2. The summed E-state index contributed by atoms with van der Waals surface area (Å²) in [6.07, 6.45) is -3.18. The van der Waals surface area contributed by atoms with Gasteiger partial charge in [0.25, 0.3) is 10.0 Å². The molecule has 238 valence electrons. The minimum absolute atomic E-state index is 0.148. The zero-order valence-corrected chi connectivity index (χ0v) is 26.8. The molecule has 3 rings (SSSR count). The second kappa shape index (κ2) is 15.1. The molecule has 0 unspecified atom stereocenters. The molecule has 0 aromatic heterocycles. The van der Waals surface area contributed by atoms with Crippen LogP contribution in [0.2, 0.25) is 10.0 Å². The van der Waals surface area contributed by atoms with E-state index in [9.17, 15) is 31.2 Å². The summed E-state index contributed by atoms with van der Waals surface area (Å²) in [7, 11) is -4.58.